The predicted molar refractivity (Wildman–Crippen MR) is 159 cm³/mol. The summed E-state index contributed by atoms with van der Waals surface area (Å²) in [7, 11) is 0.564. The van der Waals surface area contributed by atoms with Gasteiger partial charge in [-0.25, -0.2) is 8.42 Å². The molecule has 1 N–H and O–H groups in total. The first-order chi connectivity index (χ1) is 19.5. The van der Waals surface area contributed by atoms with Crippen LogP contribution in [0.1, 0.15) is 15.9 Å². The number of aryl methyl sites for hydroxylation is 1. The fourth-order valence-corrected chi connectivity index (χ4v) is 6.36. The zero-order valence-corrected chi connectivity index (χ0v) is 25.0. The molecule has 1 aliphatic heterocycles. The Labute approximate surface area is 245 Å². The number of nitrogens with one attached hydrogen (secondary N) is 1. The summed E-state index contributed by atoms with van der Waals surface area (Å²) < 4.78 is 39.4. The number of sulfonamides is 1. The number of methoxy groups -OCH3 is 2. The van der Waals surface area contributed by atoms with Crippen molar-refractivity contribution in [2.75, 3.05) is 63.6 Å². The lowest BCUT2D eigenvalue weighted by Gasteiger charge is -2.32. The molecule has 0 unspecified atom stereocenters. The molecule has 218 valence electrons. The minimum Gasteiger partial charge on any atom is -0.495 e. The van der Waals surface area contributed by atoms with Gasteiger partial charge in [0.25, 0.3) is 15.9 Å². The van der Waals surface area contributed by atoms with E-state index in [-0.39, 0.29) is 27.3 Å². The number of halogens is 1. The number of nitrogens with zero attached hydrogens (tertiary/aromatic N) is 3. The summed E-state index contributed by atoms with van der Waals surface area (Å²) in [6.45, 7) is 4.14. The second-order valence-corrected chi connectivity index (χ2v) is 11.9. The Morgan fingerprint density at radius 2 is 1.56 bits per heavy atom. The zero-order valence-electron chi connectivity index (χ0n) is 23.4. The third kappa shape index (κ3) is 6.92. The normalized spacial score (nSPS) is 13.9. The van der Waals surface area contributed by atoms with Crippen molar-refractivity contribution in [2.45, 2.75) is 11.8 Å². The zero-order chi connectivity index (χ0) is 29.7. The van der Waals surface area contributed by atoms with Crippen molar-refractivity contribution in [2.24, 2.45) is 0 Å². The van der Waals surface area contributed by atoms with E-state index in [4.69, 9.17) is 21.1 Å². The monoisotopic (exact) mass is 600 g/mol. The summed E-state index contributed by atoms with van der Waals surface area (Å²) in [6, 6.07) is 15.8. The topological polar surface area (TPSA) is 108 Å². The van der Waals surface area contributed by atoms with E-state index in [1.165, 1.54) is 38.5 Å². The predicted octanol–water partition coefficient (Wildman–Crippen LogP) is 3.89. The van der Waals surface area contributed by atoms with Gasteiger partial charge in [0.15, 0.2) is 0 Å². The van der Waals surface area contributed by atoms with E-state index < -0.39 is 22.5 Å². The summed E-state index contributed by atoms with van der Waals surface area (Å²) >= 11 is 6.32. The number of hydrogen-bond acceptors (Lipinski definition) is 7. The number of rotatable bonds is 9. The molecule has 10 nitrogen and oxygen atoms in total. The standard InChI is InChI=1S/C29H33ClN4O6S/c1-20-5-11-26(40-4)27(17-20)41(37,38)34(23-10-12-25(39-3)24(30)18-23)19-28(35)31-22-8-6-21(7-9-22)29(36)33-15-13-32(2)14-16-33/h5-12,17-18H,13-16,19H2,1-4H3,(H,31,35). The van der Waals surface area contributed by atoms with Crippen LogP contribution < -0.4 is 19.1 Å². The highest BCUT2D eigenvalue weighted by Crippen LogP contribution is 2.34. The van der Waals surface area contributed by atoms with Gasteiger partial charge < -0.3 is 24.6 Å². The molecule has 4 rings (SSSR count). The van der Waals surface area contributed by atoms with Crippen LogP contribution in [0, 0.1) is 6.92 Å². The molecule has 1 fully saturated rings. The summed E-state index contributed by atoms with van der Waals surface area (Å²) in [5, 5.41) is 2.91. The van der Waals surface area contributed by atoms with Crippen molar-refractivity contribution >= 4 is 44.8 Å². The molecule has 0 aliphatic carbocycles. The molecular formula is C29H33ClN4O6S. The first kappa shape index (κ1) is 30.2. The Bertz CT molecular complexity index is 1520. The number of carbonyl (C=O) groups is 2. The van der Waals surface area contributed by atoms with Crippen LogP contribution in [0.4, 0.5) is 11.4 Å². The molecule has 0 spiro atoms. The van der Waals surface area contributed by atoms with Crippen molar-refractivity contribution in [1.82, 2.24) is 9.80 Å². The van der Waals surface area contributed by atoms with Crippen molar-refractivity contribution in [3.8, 4) is 11.5 Å². The van der Waals surface area contributed by atoms with Gasteiger partial charge in [-0.1, -0.05) is 17.7 Å². The number of ether oxygens (including phenoxy) is 2. The van der Waals surface area contributed by atoms with Gasteiger partial charge in [0.05, 0.1) is 24.9 Å². The minimum atomic E-state index is -4.28. The molecule has 12 heteroatoms. The summed E-state index contributed by atoms with van der Waals surface area (Å²) in [6.07, 6.45) is 0. The maximum atomic E-state index is 14.0. The molecule has 0 atom stereocenters. The molecule has 41 heavy (non-hydrogen) atoms. The number of likely N-dealkylation sites (N-methyl/N-ethyl adjacent to an activating group) is 1. The van der Waals surface area contributed by atoms with Crippen LogP contribution in [0.25, 0.3) is 0 Å². The van der Waals surface area contributed by atoms with E-state index in [1.54, 1.807) is 48.2 Å². The van der Waals surface area contributed by atoms with Gasteiger partial charge in [-0.05, 0) is 74.1 Å². The maximum Gasteiger partial charge on any atom is 0.268 e. The molecule has 3 aromatic carbocycles. The van der Waals surface area contributed by atoms with Crippen LogP contribution in [-0.2, 0) is 14.8 Å². The number of carbonyl (C=O) groups excluding carboxylic acids is 2. The Balaban J connectivity index is 1.58. The number of piperazine rings is 1. The van der Waals surface area contributed by atoms with Crippen molar-refractivity contribution in [3.05, 3.63) is 76.8 Å². The molecule has 1 heterocycles. The summed E-state index contributed by atoms with van der Waals surface area (Å²) in [4.78, 5) is 29.9. The second-order valence-electron chi connectivity index (χ2n) is 9.71. The average molecular weight is 601 g/mol. The Hall–Kier alpha value is -3.80. The van der Waals surface area contributed by atoms with Gasteiger partial charge in [0.2, 0.25) is 5.91 Å². The first-order valence-corrected chi connectivity index (χ1v) is 14.7. The van der Waals surface area contributed by atoms with E-state index in [1.807, 2.05) is 7.05 Å². The van der Waals surface area contributed by atoms with Crippen molar-refractivity contribution < 1.29 is 27.5 Å². The summed E-state index contributed by atoms with van der Waals surface area (Å²) in [5.41, 5.74) is 1.80. The van der Waals surface area contributed by atoms with E-state index in [2.05, 4.69) is 10.2 Å². The number of anilines is 2. The molecule has 0 aromatic heterocycles. The lowest BCUT2D eigenvalue weighted by molar-refractivity contribution is -0.114. The second kappa shape index (κ2) is 12.8. The van der Waals surface area contributed by atoms with Crippen LogP contribution in [0.15, 0.2) is 65.6 Å². The lowest BCUT2D eigenvalue weighted by atomic mass is 10.1. The molecule has 1 saturated heterocycles. The molecule has 1 aliphatic rings. The lowest BCUT2D eigenvalue weighted by Crippen LogP contribution is -2.47. The highest BCUT2D eigenvalue weighted by molar-refractivity contribution is 7.93. The van der Waals surface area contributed by atoms with E-state index in [0.717, 1.165) is 17.4 Å². The van der Waals surface area contributed by atoms with Gasteiger partial charge in [-0.15, -0.1) is 0 Å². The number of benzene rings is 3. The minimum absolute atomic E-state index is 0.0725. The van der Waals surface area contributed by atoms with Gasteiger partial charge >= 0.3 is 0 Å². The van der Waals surface area contributed by atoms with Crippen LogP contribution in [0.2, 0.25) is 5.02 Å². The Kier molecular flexibility index (Phi) is 9.42. The highest BCUT2D eigenvalue weighted by Gasteiger charge is 2.31. The van der Waals surface area contributed by atoms with E-state index in [9.17, 15) is 18.0 Å². The fourth-order valence-electron chi connectivity index (χ4n) is 4.45. The Morgan fingerprint density at radius 3 is 2.17 bits per heavy atom. The van der Waals surface area contributed by atoms with Crippen LogP contribution in [0.3, 0.4) is 0 Å². The van der Waals surface area contributed by atoms with Crippen molar-refractivity contribution in [3.63, 3.8) is 0 Å². The van der Waals surface area contributed by atoms with Crippen LogP contribution >= 0.6 is 11.6 Å². The van der Waals surface area contributed by atoms with Gasteiger partial charge in [0, 0.05) is 37.4 Å². The van der Waals surface area contributed by atoms with Crippen molar-refractivity contribution in [1.29, 1.82) is 0 Å². The molecule has 0 bridgehead atoms. The first-order valence-electron chi connectivity index (χ1n) is 12.9. The average Bonchev–Trinajstić information content (AvgIpc) is 2.96. The van der Waals surface area contributed by atoms with Gasteiger partial charge in [-0.2, -0.15) is 0 Å². The number of hydrogen-bond donors (Lipinski definition) is 1. The quantitative estimate of drug-likeness (QED) is 0.397. The largest absolute Gasteiger partial charge is 0.495 e. The number of amides is 2. The molecule has 0 saturated carbocycles. The summed E-state index contributed by atoms with van der Waals surface area (Å²) in [5.74, 6) is -0.167. The molecular weight excluding hydrogens is 568 g/mol. The van der Waals surface area contributed by atoms with E-state index >= 15 is 0 Å². The third-order valence-electron chi connectivity index (χ3n) is 6.80. The van der Waals surface area contributed by atoms with Gasteiger partial charge in [-0.3, -0.25) is 13.9 Å². The fraction of sp³-hybridized carbons (Fsp3) is 0.310. The van der Waals surface area contributed by atoms with Crippen LogP contribution in [-0.4, -0.2) is 84.0 Å². The highest BCUT2D eigenvalue weighted by atomic mass is 35.5. The van der Waals surface area contributed by atoms with Crippen LogP contribution in [0.5, 0.6) is 11.5 Å². The smallest absolute Gasteiger partial charge is 0.268 e. The third-order valence-corrected chi connectivity index (χ3v) is 8.89. The molecule has 3 aromatic rings. The van der Waals surface area contributed by atoms with E-state index in [0.29, 0.717) is 35.7 Å². The molecule has 0 radical (unpaired) electrons. The van der Waals surface area contributed by atoms with Gasteiger partial charge in [0.1, 0.15) is 22.9 Å². The molecule has 2 amide bonds. The Morgan fingerprint density at radius 1 is 0.927 bits per heavy atom. The maximum absolute atomic E-state index is 14.0. The SMILES string of the molecule is COc1ccc(N(CC(=O)Nc2ccc(C(=O)N3CCN(C)CC3)cc2)S(=O)(=O)c2cc(C)ccc2OC)cc1Cl.